The summed E-state index contributed by atoms with van der Waals surface area (Å²) in [6, 6.07) is 12.7. The van der Waals surface area contributed by atoms with E-state index in [0.29, 0.717) is 19.7 Å². The summed E-state index contributed by atoms with van der Waals surface area (Å²) < 4.78 is 7.05. The highest BCUT2D eigenvalue weighted by molar-refractivity contribution is 5.91. The molecule has 0 unspecified atom stereocenters. The van der Waals surface area contributed by atoms with Gasteiger partial charge in [-0.15, -0.1) is 0 Å². The second kappa shape index (κ2) is 10.1. The monoisotopic (exact) mass is 340 g/mol. The zero-order valence-corrected chi connectivity index (χ0v) is 14.5. The number of nitrogens with one attached hydrogen (secondary N) is 1. The predicted octanol–water partition coefficient (Wildman–Crippen LogP) is 2.86. The number of unbranched alkanes of at least 4 members (excludes halogenated alkanes) is 1. The minimum absolute atomic E-state index is 0.00447. The quantitative estimate of drug-likeness (QED) is 0.564. The first-order valence-corrected chi connectivity index (χ1v) is 8.53. The molecule has 1 aromatic heterocycles. The summed E-state index contributed by atoms with van der Waals surface area (Å²) in [4.78, 5) is 23.3. The van der Waals surface area contributed by atoms with Crippen LogP contribution < -0.4 is 15.6 Å². The molecule has 2 rings (SSSR count). The molecule has 0 aliphatic heterocycles. The zero-order valence-electron chi connectivity index (χ0n) is 14.5. The molecular formula is C20H24N2O3. The normalized spacial score (nSPS) is 10.8. The number of hydrogen-bond donors (Lipinski definition) is 1. The van der Waals surface area contributed by atoms with Crippen LogP contribution in [0.1, 0.15) is 25.3 Å². The van der Waals surface area contributed by atoms with Gasteiger partial charge in [-0.05, 0) is 49.6 Å². The van der Waals surface area contributed by atoms with E-state index in [1.807, 2.05) is 37.3 Å². The van der Waals surface area contributed by atoms with Gasteiger partial charge in [-0.25, -0.2) is 0 Å². The maximum absolute atomic E-state index is 11.8. The predicted molar refractivity (Wildman–Crippen MR) is 99.6 cm³/mol. The fraction of sp³-hybridized carbons (Fsp3) is 0.300. The van der Waals surface area contributed by atoms with Crippen LogP contribution in [0.25, 0.3) is 6.08 Å². The van der Waals surface area contributed by atoms with Crippen molar-refractivity contribution in [3.63, 3.8) is 0 Å². The number of hydrogen-bond acceptors (Lipinski definition) is 3. The summed E-state index contributed by atoms with van der Waals surface area (Å²) >= 11 is 0. The van der Waals surface area contributed by atoms with Crippen LogP contribution in [0.15, 0.2) is 59.5 Å². The van der Waals surface area contributed by atoms with Crippen molar-refractivity contribution >= 4 is 12.0 Å². The first-order chi connectivity index (χ1) is 12.2. The highest BCUT2D eigenvalue weighted by Gasteiger charge is 1.97. The summed E-state index contributed by atoms with van der Waals surface area (Å²) in [6.07, 6.45) is 6.74. The summed E-state index contributed by atoms with van der Waals surface area (Å²) in [7, 11) is 0. The molecule has 0 atom stereocenters. The van der Waals surface area contributed by atoms with Gasteiger partial charge in [-0.1, -0.05) is 18.2 Å². The van der Waals surface area contributed by atoms with E-state index in [1.165, 1.54) is 6.08 Å². The third-order valence-corrected chi connectivity index (χ3v) is 3.64. The van der Waals surface area contributed by atoms with Gasteiger partial charge in [-0.3, -0.25) is 9.59 Å². The van der Waals surface area contributed by atoms with E-state index < -0.39 is 0 Å². The number of pyridine rings is 1. The van der Waals surface area contributed by atoms with Crippen LogP contribution in [-0.2, 0) is 11.3 Å². The second-order valence-electron chi connectivity index (χ2n) is 5.57. The molecule has 0 fully saturated rings. The van der Waals surface area contributed by atoms with Gasteiger partial charge >= 0.3 is 0 Å². The molecule has 0 spiro atoms. The lowest BCUT2D eigenvalue weighted by atomic mass is 10.2. The fourth-order valence-corrected chi connectivity index (χ4v) is 2.34. The van der Waals surface area contributed by atoms with Crippen LogP contribution in [0.3, 0.4) is 0 Å². The van der Waals surface area contributed by atoms with Crippen LogP contribution in [-0.4, -0.2) is 23.6 Å². The molecule has 1 aromatic carbocycles. The van der Waals surface area contributed by atoms with Gasteiger partial charge in [0.25, 0.3) is 0 Å². The first-order valence-electron chi connectivity index (χ1n) is 8.53. The first kappa shape index (κ1) is 18.5. The molecule has 0 saturated heterocycles. The molecule has 0 aliphatic carbocycles. The Balaban J connectivity index is 1.66. The number of aryl methyl sites for hydroxylation is 1. The van der Waals surface area contributed by atoms with Gasteiger partial charge in [-0.2, -0.15) is 0 Å². The standard InChI is InChI=1S/C20H24N2O3/c1-2-25-18-11-8-17(9-12-18)10-13-19(23)21-14-4-6-16-22-15-5-3-7-20(22)24/h3,5,7-13,15H,2,4,6,14,16H2,1H3,(H,21,23). The summed E-state index contributed by atoms with van der Waals surface area (Å²) in [6.45, 7) is 3.83. The Labute approximate surface area is 147 Å². The SMILES string of the molecule is CCOc1ccc(C=CC(=O)NCCCCn2ccccc2=O)cc1. The molecule has 1 amide bonds. The fourth-order valence-electron chi connectivity index (χ4n) is 2.34. The van der Waals surface area contributed by atoms with Gasteiger partial charge in [0.15, 0.2) is 0 Å². The van der Waals surface area contributed by atoms with E-state index in [9.17, 15) is 9.59 Å². The number of rotatable bonds is 9. The van der Waals surface area contributed by atoms with Gasteiger partial charge in [0.1, 0.15) is 5.75 Å². The number of aromatic nitrogens is 1. The molecule has 132 valence electrons. The maximum Gasteiger partial charge on any atom is 0.250 e. The molecule has 0 saturated carbocycles. The third-order valence-electron chi connectivity index (χ3n) is 3.64. The second-order valence-corrected chi connectivity index (χ2v) is 5.57. The van der Waals surface area contributed by atoms with E-state index in [2.05, 4.69) is 5.32 Å². The Kier molecular flexibility index (Phi) is 7.50. The average Bonchev–Trinajstić information content (AvgIpc) is 2.62. The summed E-state index contributed by atoms with van der Waals surface area (Å²) in [5, 5.41) is 2.85. The molecule has 1 heterocycles. The van der Waals surface area contributed by atoms with Crippen molar-refractivity contribution in [2.24, 2.45) is 0 Å². The van der Waals surface area contributed by atoms with Crippen molar-refractivity contribution in [1.29, 1.82) is 0 Å². The lowest BCUT2D eigenvalue weighted by Crippen LogP contribution is -2.23. The van der Waals surface area contributed by atoms with Gasteiger partial charge in [0, 0.05) is 31.4 Å². The number of amides is 1. The molecule has 2 aromatic rings. The zero-order chi connectivity index (χ0) is 17.9. The van der Waals surface area contributed by atoms with Crippen LogP contribution in [0.2, 0.25) is 0 Å². The number of ether oxygens (including phenoxy) is 1. The van der Waals surface area contributed by atoms with Crippen molar-refractivity contribution in [1.82, 2.24) is 9.88 Å². The lowest BCUT2D eigenvalue weighted by molar-refractivity contribution is -0.116. The van der Waals surface area contributed by atoms with Crippen LogP contribution >= 0.6 is 0 Å². The summed E-state index contributed by atoms with van der Waals surface area (Å²) in [5.41, 5.74) is 0.951. The number of carbonyl (C=O) groups is 1. The largest absolute Gasteiger partial charge is 0.494 e. The number of carbonyl (C=O) groups excluding carboxylic acids is 1. The molecule has 5 heteroatoms. The van der Waals surface area contributed by atoms with Crippen LogP contribution in [0, 0.1) is 0 Å². The third kappa shape index (κ3) is 6.67. The van der Waals surface area contributed by atoms with Crippen molar-refractivity contribution < 1.29 is 9.53 Å². The van der Waals surface area contributed by atoms with E-state index in [0.717, 1.165) is 24.2 Å². The van der Waals surface area contributed by atoms with Gasteiger partial charge in [0.05, 0.1) is 6.61 Å². The maximum atomic E-state index is 11.8. The molecule has 5 nitrogen and oxygen atoms in total. The van der Waals surface area contributed by atoms with E-state index in [1.54, 1.807) is 29.0 Å². The average molecular weight is 340 g/mol. The van der Waals surface area contributed by atoms with Gasteiger partial charge in [0.2, 0.25) is 11.5 Å². The van der Waals surface area contributed by atoms with Crippen molar-refractivity contribution in [2.75, 3.05) is 13.2 Å². The van der Waals surface area contributed by atoms with Crippen molar-refractivity contribution in [3.8, 4) is 5.75 Å². The highest BCUT2D eigenvalue weighted by Crippen LogP contribution is 2.12. The Bertz CT molecular complexity index is 748. The van der Waals surface area contributed by atoms with E-state index in [-0.39, 0.29) is 11.5 Å². The molecule has 0 radical (unpaired) electrons. The van der Waals surface area contributed by atoms with Gasteiger partial charge < -0.3 is 14.6 Å². The molecule has 0 aliphatic rings. The lowest BCUT2D eigenvalue weighted by Gasteiger charge is -2.05. The van der Waals surface area contributed by atoms with Crippen molar-refractivity contribution in [3.05, 3.63) is 70.7 Å². The Morgan fingerprint density at radius 3 is 2.68 bits per heavy atom. The number of benzene rings is 1. The Morgan fingerprint density at radius 1 is 1.16 bits per heavy atom. The van der Waals surface area contributed by atoms with Crippen LogP contribution in [0.5, 0.6) is 5.75 Å². The minimum Gasteiger partial charge on any atom is -0.494 e. The van der Waals surface area contributed by atoms with E-state index in [4.69, 9.17) is 4.74 Å². The smallest absolute Gasteiger partial charge is 0.250 e. The minimum atomic E-state index is -0.120. The Hall–Kier alpha value is -2.82. The van der Waals surface area contributed by atoms with E-state index >= 15 is 0 Å². The molecular weight excluding hydrogens is 316 g/mol. The number of nitrogens with zero attached hydrogens (tertiary/aromatic N) is 1. The van der Waals surface area contributed by atoms with Crippen LogP contribution in [0.4, 0.5) is 0 Å². The molecule has 1 N–H and O–H groups in total. The topological polar surface area (TPSA) is 60.3 Å². The molecule has 25 heavy (non-hydrogen) atoms. The van der Waals surface area contributed by atoms with Crippen molar-refractivity contribution in [2.45, 2.75) is 26.3 Å². The summed E-state index contributed by atoms with van der Waals surface area (Å²) in [5.74, 6) is 0.701. The molecule has 0 bridgehead atoms. The highest BCUT2D eigenvalue weighted by atomic mass is 16.5. The Morgan fingerprint density at radius 2 is 1.96 bits per heavy atom.